The minimum absolute atomic E-state index is 0.900. The molecule has 53 heavy (non-hydrogen) atoms. The molecular formula is C50H28N2O. The van der Waals surface area contributed by atoms with E-state index in [-0.39, 0.29) is 0 Å². The van der Waals surface area contributed by atoms with Gasteiger partial charge in [0, 0.05) is 43.4 Å². The molecule has 0 saturated carbocycles. The van der Waals surface area contributed by atoms with Crippen LogP contribution >= 0.6 is 0 Å². The van der Waals surface area contributed by atoms with E-state index in [1.807, 2.05) is 0 Å². The van der Waals surface area contributed by atoms with E-state index in [4.69, 9.17) is 4.42 Å². The number of hydrogen-bond donors (Lipinski definition) is 0. The zero-order valence-corrected chi connectivity index (χ0v) is 28.5. The monoisotopic (exact) mass is 672 g/mol. The van der Waals surface area contributed by atoms with Gasteiger partial charge in [-0.25, -0.2) is 0 Å². The van der Waals surface area contributed by atoms with Gasteiger partial charge in [0.2, 0.25) is 0 Å². The molecule has 1 aliphatic carbocycles. The van der Waals surface area contributed by atoms with Gasteiger partial charge in [-0.2, -0.15) is 0 Å². The van der Waals surface area contributed by atoms with E-state index >= 15 is 0 Å². The number of aromatic nitrogens is 2. The quantitative estimate of drug-likeness (QED) is 0.179. The summed E-state index contributed by atoms with van der Waals surface area (Å²) in [4.78, 5) is 0. The second kappa shape index (κ2) is 9.81. The molecule has 0 unspecified atom stereocenters. The Morgan fingerprint density at radius 1 is 0.358 bits per heavy atom. The maximum absolute atomic E-state index is 6.88. The zero-order valence-electron chi connectivity index (χ0n) is 28.5. The average Bonchev–Trinajstić information content (AvgIpc) is 3.95. The van der Waals surface area contributed by atoms with Crippen molar-refractivity contribution in [1.29, 1.82) is 0 Å². The van der Waals surface area contributed by atoms with E-state index in [0.717, 1.165) is 33.1 Å². The molecule has 0 spiro atoms. The van der Waals surface area contributed by atoms with Gasteiger partial charge in [-0.05, 0) is 74.8 Å². The largest absolute Gasteiger partial charge is 0.454 e. The van der Waals surface area contributed by atoms with E-state index in [1.54, 1.807) is 0 Å². The van der Waals surface area contributed by atoms with Crippen LogP contribution in [0.3, 0.4) is 0 Å². The molecule has 0 N–H and O–H groups in total. The molecule has 13 rings (SSSR count). The van der Waals surface area contributed by atoms with Crippen molar-refractivity contribution in [3.05, 3.63) is 170 Å². The molecule has 3 aromatic heterocycles. The maximum atomic E-state index is 6.88. The average molecular weight is 673 g/mol. The Hall–Kier alpha value is -7.10. The highest BCUT2D eigenvalue weighted by molar-refractivity contribution is 6.28. The number of nitrogens with zero attached hydrogens (tertiary/aromatic N) is 2. The highest BCUT2D eigenvalue weighted by atomic mass is 16.3. The maximum Gasteiger partial charge on any atom is 0.160 e. The molecule has 0 amide bonds. The Kier molecular flexibility index (Phi) is 5.11. The molecule has 244 valence electrons. The van der Waals surface area contributed by atoms with Gasteiger partial charge in [-0.15, -0.1) is 0 Å². The minimum Gasteiger partial charge on any atom is -0.454 e. The third kappa shape index (κ3) is 3.44. The van der Waals surface area contributed by atoms with Gasteiger partial charge in [-0.1, -0.05) is 133 Å². The summed E-state index contributed by atoms with van der Waals surface area (Å²) in [5, 5.41) is 12.1. The number of para-hydroxylation sites is 2. The molecule has 0 saturated heterocycles. The number of rotatable bonds is 2. The molecule has 1 aliphatic rings. The van der Waals surface area contributed by atoms with Gasteiger partial charge in [0.05, 0.1) is 27.8 Å². The molecular weight excluding hydrogens is 645 g/mol. The lowest BCUT2D eigenvalue weighted by Crippen LogP contribution is -2.00. The van der Waals surface area contributed by atoms with Crippen molar-refractivity contribution in [2.75, 3.05) is 0 Å². The van der Waals surface area contributed by atoms with E-state index < -0.39 is 0 Å². The Balaban J connectivity index is 1.29. The molecule has 3 heterocycles. The summed E-state index contributed by atoms with van der Waals surface area (Å²) in [6.07, 6.45) is 0. The van der Waals surface area contributed by atoms with Gasteiger partial charge in [0.25, 0.3) is 0 Å². The Labute approximate surface area is 303 Å². The topological polar surface area (TPSA) is 23.0 Å². The first kappa shape index (κ1) is 27.6. The van der Waals surface area contributed by atoms with E-state index in [9.17, 15) is 0 Å². The molecule has 3 heteroatoms. The normalized spacial score (nSPS) is 12.5. The van der Waals surface area contributed by atoms with Gasteiger partial charge in [-0.3, -0.25) is 0 Å². The fraction of sp³-hybridized carbons (Fsp3) is 0. The summed E-state index contributed by atoms with van der Waals surface area (Å²) in [6, 6.07) is 62.3. The number of hydrogen-bond acceptors (Lipinski definition) is 1. The second-order valence-electron chi connectivity index (χ2n) is 14.4. The van der Waals surface area contributed by atoms with Crippen LogP contribution in [0.2, 0.25) is 0 Å². The predicted octanol–water partition coefficient (Wildman–Crippen LogP) is 13.7. The third-order valence-corrected chi connectivity index (χ3v) is 11.8. The SMILES string of the molecule is c1ccc2c(c1)-c1cccc3cc(-n4c5c(ccc6c7ccccc7oc65)c5ccc6c7ccccc7n(-c7cccc8ccccc78)c6c54)cc-2c13. The van der Waals surface area contributed by atoms with Crippen LogP contribution in [0.25, 0.3) is 121 Å². The predicted molar refractivity (Wildman–Crippen MR) is 222 cm³/mol. The Morgan fingerprint density at radius 3 is 1.85 bits per heavy atom. The van der Waals surface area contributed by atoms with E-state index in [1.165, 1.54) is 87.6 Å². The van der Waals surface area contributed by atoms with E-state index in [2.05, 4.69) is 179 Å². The van der Waals surface area contributed by atoms with Crippen LogP contribution < -0.4 is 0 Å². The van der Waals surface area contributed by atoms with Crippen molar-refractivity contribution in [3.8, 4) is 33.6 Å². The number of furan rings is 1. The van der Waals surface area contributed by atoms with Crippen LogP contribution in [-0.4, -0.2) is 9.13 Å². The highest BCUT2D eigenvalue weighted by Gasteiger charge is 2.27. The molecule has 0 aliphatic heterocycles. The summed E-state index contributed by atoms with van der Waals surface area (Å²) in [6.45, 7) is 0. The van der Waals surface area contributed by atoms with Crippen molar-refractivity contribution < 1.29 is 4.42 Å². The summed E-state index contributed by atoms with van der Waals surface area (Å²) in [5.74, 6) is 0. The molecule has 0 bridgehead atoms. The third-order valence-electron chi connectivity index (χ3n) is 11.8. The Morgan fingerprint density at radius 2 is 0.962 bits per heavy atom. The van der Waals surface area contributed by atoms with Crippen molar-refractivity contribution >= 4 is 87.1 Å². The van der Waals surface area contributed by atoms with Crippen LogP contribution in [0.1, 0.15) is 0 Å². The first-order valence-electron chi connectivity index (χ1n) is 18.3. The van der Waals surface area contributed by atoms with Crippen molar-refractivity contribution in [3.63, 3.8) is 0 Å². The van der Waals surface area contributed by atoms with E-state index in [0.29, 0.717) is 0 Å². The second-order valence-corrected chi connectivity index (χ2v) is 14.4. The van der Waals surface area contributed by atoms with Crippen LogP contribution in [0.4, 0.5) is 0 Å². The summed E-state index contributed by atoms with van der Waals surface area (Å²) in [7, 11) is 0. The van der Waals surface area contributed by atoms with Crippen LogP contribution in [-0.2, 0) is 0 Å². The van der Waals surface area contributed by atoms with Crippen molar-refractivity contribution in [1.82, 2.24) is 9.13 Å². The zero-order chi connectivity index (χ0) is 34.4. The molecule has 0 atom stereocenters. The van der Waals surface area contributed by atoms with Crippen LogP contribution in [0.15, 0.2) is 174 Å². The fourth-order valence-corrected chi connectivity index (χ4v) is 9.65. The fourth-order valence-electron chi connectivity index (χ4n) is 9.65. The molecule has 0 fully saturated rings. The standard InChI is InChI=1S/C50H28N2O/c1-2-14-32-29(11-1)12-10-21-43(32)52-44-20-7-5-17-35(44)38-23-24-39-40-25-26-41-36-18-6-8-22-45(36)53-50(41)49(40)51(47(39)48(38)52)31-27-30-13-9-19-37-33-15-3-4-16-34(33)42(28-31)46(30)37/h1-28H. The molecule has 9 aromatic carbocycles. The van der Waals surface area contributed by atoms with Gasteiger partial charge in [0.15, 0.2) is 5.58 Å². The summed E-state index contributed by atoms with van der Waals surface area (Å²) < 4.78 is 11.9. The first-order valence-corrected chi connectivity index (χ1v) is 18.3. The summed E-state index contributed by atoms with van der Waals surface area (Å²) >= 11 is 0. The van der Waals surface area contributed by atoms with Crippen molar-refractivity contribution in [2.24, 2.45) is 0 Å². The lowest BCUT2D eigenvalue weighted by atomic mass is 10.0. The van der Waals surface area contributed by atoms with Crippen LogP contribution in [0.5, 0.6) is 0 Å². The number of benzene rings is 9. The Bertz CT molecular complexity index is 3570. The molecule has 3 nitrogen and oxygen atoms in total. The lowest BCUT2D eigenvalue weighted by Gasteiger charge is -2.15. The molecule has 0 radical (unpaired) electrons. The van der Waals surface area contributed by atoms with Gasteiger partial charge in [0.1, 0.15) is 5.58 Å². The highest BCUT2D eigenvalue weighted by Crippen LogP contribution is 2.50. The van der Waals surface area contributed by atoms with Crippen LogP contribution in [0, 0.1) is 0 Å². The minimum atomic E-state index is 0.900. The smallest absolute Gasteiger partial charge is 0.160 e. The van der Waals surface area contributed by atoms with Gasteiger partial charge >= 0.3 is 0 Å². The van der Waals surface area contributed by atoms with Gasteiger partial charge < -0.3 is 13.6 Å². The molecule has 12 aromatic rings. The number of fused-ring (bicyclic) bond motifs is 15. The summed E-state index contributed by atoms with van der Waals surface area (Å²) in [5.41, 5.74) is 13.9. The van der Waals surface area contributed by atoms with Crippen molar-refractivity contribution in [2.45, 2.75) is 0 Å². The lowest BCUT2D eigenvalue weighted by molar-refractivity contribution is 0.671. The first-order chi connectivity index (χ1) is 26.3.